The van der Waals surface area contributed by atoms with Crippen LogP contribution < -0.4 is 22.9 Å². The Hall–Kier alpha value is -7.03. The third-order valence-electron chi connectivity index (χ3n) is 14.6. The Morgan fingerprint density at radius 2 is 0.872 bits per heavy atom. The van der Waals surface area contributed by atoms with Crippen LogP contribution in [-0.2, 0) is 42.6 Å². The molecule has 3 fully saturated rings. The van der Waals surface area contributed by atoms with Crippen molar-refractivity contribution >= 4 is 133 Å². The lowest BCUT2D eigenvalue weighted by Crippen LogP contribution is -2.16. The summed E-state index contributed by atoms with van der Waals surface area (Å²) >= 11 is 9.58. The highest BCUT2D eigenvalue weighted by Gasteiger charge is 2.25. The minimum absolute atomic E-state index is 0.301. The van der Waals surface area contributed by atoms with E-state index in [1.165, 1.54) is 58.2 Å². The van der Waals surface area contributed by atoms with E-state index in [9.17, 15) is 24.0 Å². The van der Waals surface area contributed by atoms with Gasteiger partial charge in [-0.2, -0.15) is 0 Å². The van der Waals surface area contributed by atoms with Crippen molar-refractivity contribution in [2.45, 2.75) is 62.7 Å². The van der Waals surface area contributed by atoms with Gasteiger partial charge in [0.25, 0.3) is 0 Å². The zero-order valence-electron chi connectivity index (χ0n) is 48.4. The van der Waals surface area contributed by atoms with Gasteiger partial charge in [0.2, 0.25) is 0 Å². The maximum Gasteiger partial charge on any atom is 0.337 e. The molecule has 0 bridgehead atoms. The molecule has 0 saturated carbocycles. The molecule has 6 heterocycles. The Kier molecular flexibility index (Phi) is 25.2. The molecule has 458 valence electrons. The SMILES string of the molecule is COC(=O)c1cc(C2CCOCC2)c2nc(Br)sc2c1.COC(=O)c1cc(C2CCOCC2)c2nc(N)sc2c1.COC(=O)c1ccc(N)c(Br)c1.COC(=O)c1ccc(N)c(C2=CCOCC2)c1.COC(=O)c1ccc(N)c(C2CCOCC2)c1. The van der Waals surface area contributed by atoms with Crippen LogP contribution in [0.3, 0.4) is 0 Å². The molecule has 0 radical (unpaired) electrons. The number of nitrogen functional groups attached to an aromatic ring is 4. The number of esters is 5. The van der Waals surface area contributed by atoms with Gasteiger partial charge >= 0.3 is 29.8 Å². The molecule has 0 spiro atoms. The van der Waals surface area contributed by atoms with E-state index in [0.717, 1.165) is 142 Å². The molecule has 8 N–H and O–H groups in total. The normalized spacial score (nSPS) is 15.3. The lowest BCUT2D eigenvalue weighted by molar-refractivity contribution is 0.0591. The second-order valence-electron chi connectivity index (χ2n) is 19.9. The van der Waals surface area contributed by atoms with E-state index in [4.69, 9.17) is 60.8 Å². The molecule has 3 saturated heterocycles. The number of hydrogen-bond acceptors (Lipinski definition) is 22. The summed E-state index contributed by atoms with van der Waals surface area (Å²) in [6.45, 7) is 5.81. The summed E-state index contributed by atoms with van der Waals surface area (Å²) in [6, 6.07) is 22.9. The Bertz CT molecular complexity index is 3430. The average molecular weight is 1350 g/mol. The van der Waals surface area contributed by atoms with Crippen LogP contribution in [0.4, 0.5) is 22.2 Å². The fourth-order valence-electron chi connectivity index (χ4n) is 10.0. The quantitative estimate of drug-likeness (QED) is 0.0593. The molecular weight excluding hydrogens is 1280 g/mol. The average Bonchev–Trinajstić information content (AvgIpc) is 2.96. The molecule has 0 amide bonds. The number of nitrogens with zero attached hydrogens (tertiary/aromatic N) is 2. The molecule has 0 aliphatic carbocycles. The number of halogens is 2. The molecule has 4 aliphatic rings. The van der Waals surface area contributed by atoms with Gasteiger partial charge in [-0.15, -0.1) is 11.3 Å². The maximum atomic E-state index is 11.8. The summed E-state index contributed by atoms with van der Waals surface area (Å²) in [7, 11) is 6.89. The number of fused-ring (bicyclic) bond motifs is 2. The summed E-state index contributed by atoms with van der Waals surface area (Å²) in [6.07, 6.45) is 8.53. The number of hydrogen-bond donors (Lipinski definition) is 4. The van der Waals surface area contributed by atoms with Gasteiger partial charge in [-0.3, -0.25) is 0 Å². The number of carbonyl (C=O) groups excluding carboxylic acids is 5. The van der Waals surface area contributed by atoms with Crippen molar-refractivity contribution in [2.24, 2.45) is 0 Å². The third-order valence-corrected chi connectivity index (χ3v) is 17.6. The Morgan fingerprint density at radius 1 is 0.465 bits per heavy atom. The standard InChI is InChI=1S/C14H14BrNO3S.C14H16N2O3S.C13H17NO3.C13H15NO3.C8H8BrNO2/c2*1-18-13(17)9-6-10(8-2-4-19-5-3-8)12-11(7-9)20-14(15)16-12;2*1-16-13(15)10-2-3-12(14)11(8-10)9-4-6-17-7-5-9;1-12-8(11)5-2-3-7(10)6(9)4-5/h6-8H,2-5H2,1H3;6-8H,2-5H2,1H3,(H2,15,16);2-3,8-9H,4-7,14H2,1H3;2-4,8H,5-7,14H2,1H3;2-4H,10H2,1H3. The smallest absolute Gasteiger partial charge is 0.337 e. The molecule has 0 unspecified atom stereocenters. The molecule has 4 aliphatic heterocycles. The van der Waals surface area contributed by atoms with Crippen LogP contribution in [0, 0.1) is 0 Å². The van der Waals surface area contributed by atoms with Crippen molar-refractivity contribution in [3.8, 4) is 0 Å². The summed E-state index contributed by atoms with van der Waals surface area (Å²) in [5, 5.41) is 0.523. The summed E-state index contributed by atoms with van der Waals surface area (Å²) in [4.78, 5) is 66.5. The van der Waals surface area contributed by atoms with E-state index < -0.39 is 0 Å². The topological polar surface area (TPSA) is 298 Å². The number of benzene rings is 5. The molecule has 86 heavy (non-hydrogen) atoms. The predicted octanol–water partition coefficient (Wildman–Crippen LogP) is 11.9. The Balaban J connectivity index is 0.000000155. The number of ether oxygens (including phenoxy) is 9. The van der Waals surface area contributed by atoms with Gasteiger partial charge < -0.3 is 65.6 Å². The van der Waals surface area contributed by atoms with Gasteiger partial charge in [-0.25, -0.2) is 33.9 Å². The first-order valence-electron chi connectivity index (χ1n) is 27.5. The van der Waals surface area contributed by atoms with Crippen molar-refractivity contribution in [1.82, 2.24) is 9.97 Å². The monoisotopic (exact) mass is 1340 g/mol. The van der Waals surface area contributed by atoms with Crippen LogP contribution >= 0.6 is 54.5 Å². The number of methoxy groups -OCH3 is 5. The van der Waals surface area contributed by atoms with Gasteiger partial charge in [0, 0.05) is 66.7 Å². The van der Waals surface area contributed by atoms with Gasteiger partial charge in [-0.1, -0.05) is 17.4 Å². The van der Waals surface area contributed by atoms with Crippen LogP contribution in [0.2, 0.25) is 0 Å². The van der Waals surface area contributed by atoms with E-state index in [1.807, 2.05) is 30.3 Å². The van der Waals surface area contributed by atoms with E-state index in [2.05, 4.69) is 46.6 Å². The van der Waals surface area contributed by atoms with Crippen molar-refractivity contribution in [3.63, 3.8) is 0 Å². The summed E-state index contributed by atoms with van der Waals surface area (Å²) in [5.41, 5.74) is 35.1. The first-order valence-corrected chi connectivity index (χ1v) is 30.7. The Morgan fingerprint density at radius 3 is 1.34 bits per heavy atom. The highest BCUT2D eigenvalue weighted by atomic mass is 79.9. The zero-order chi connectivity index (χ0) is 61.9. The van der Waals surface area contributed by atoms with E-state index in [-0.39, 0.29) is 29.8 Å². The van der Waals surface area contributed by atoms with Crippen LogP contribution in [0.15, 0.2) is 93.3 Å². The fraction of sp³-hybridized carbons (Fsp3) is 0.371. The van der Waals surface area contributed by atoms with Crippen LogP contribution in [0.1, 0.15) is 137 Å². The van der Waals surface area contributed by atoms with Crippen LogP contribution in [0.5, 0.6) is 0 Å². The predicted molar refractivity (Wildman–Crippen MR) is 340 cm³/mol. The van der Waals surface area contributed by atoms with E-state index in [1.54, 1.807) is 54.6 Å². The van der Waals surface area contributed by atoms with Crippen molar-refractivity contribution < 1.29 is 66.6 Å². The second-order valence-corrected chi connectivity index (χ2v) is 24.1. The molecule has 7 aromatic rings. The van der Waals surface area contributed by atoms with Crippen molar-refractivity contribution in [2.75, 3.05) is 111 Å². The number of thiazole rings is 2. The van der Waals surface area contributed by atoms with E-state index in [0.29, 0.717) is 79.8 Å². The number of anilines is 4. The number of rotatable bonds is 9. The Labute approximate surface area is 523 Å². The lowest BCUT2D eigenvalue weighted by Gasteiger charge is -2.23. The highest BCUT2D eigenvalue weighted by Crippen LogP contribution is 2.39. The summed E-state index contributed by atoms with van der Waals surface area (Å²) in [5.74, 6) is -0.527. The maximum absolute atomic E-state index is 11.8. The van der Waals surface area contributed by atoms with Gasteiger partial charge in [0.05, 0.1) is 97.0 Å². The molecule has 24 heteroatoms. The number of carbonyl (C=O) groups is 5. The fourth-order valence-corrected chi connectivity index (χ4v) is 12.7. The van der Waals surface area contributed by atoms with Crippen molar-refractivity contribution in [3.05, 3.63) is 143 Å². The first-order chi connectivity index (χ1) is 41.5. The molecular formula is C62H70Br2N6O14S2. The first kappa shape index (κ1) is 66.5. The molecule has 2 aromatic heterocycles. The van der Waals surface area contributed by atoms with Crippen molar-refractivity contribution in [1.29, 1.82) is 0 Å². The van der Waals surface area contributed by atoms with Crippen LogP contribution in [0.25, 0.3) is 26.0 Å². The lowest BCUT2D eigenvalue weighted by atomic mass is 9.89. The summed E-state index contributed by atoms with van der Waals surface area (Å²) < 4.78 is 48.5. The number of nitrogens with two attached hydrogens (primary N) is 4. The van der Waals surface area contributed by atoms with Crippen LogP contribution in [-0.4, -0.2) is 128 Å². The van der Waals surface area contributed by atoms with Gasteiger partial charge in [0.1, 0.15) is 0 Å². The molecule has 20 nitrogen and oxygen atoms in total. The largest absolute Gasteiger partial charge is 0.465 e. The zero-order valence-corrected chi connectivity index (χ0v) is 53.2. The highest BCUT2D eigenvalue weighted by molar-refractivity contribution is 9.11. The number of aromatic nitrogens is 2. The van der Waals surface area contributed by atoms with E-state index >= 15 is 0 Å². The minimum atomic E-state index is -0.365. The molecule has 5 aromatic carbocycles. The molecule has 11 rings (SSSR count). The second kappa shape index (κ2) is 32.6. The third kappa shape index (κ3) is 17.8. The van der Waals surface area contributed by atoms with Gasteiger partial charge in [0.15, 0.2) is 9.05 Å². The van der Waals surface area contributed by atoms with Gasteiger partial charge in [-0.05, 0) is 196 Å². The molecule has 0 atom stereocenters. The minimum Gasteiger partial charge on any atom is -0.465 e.